The van der Waals surface area contributed by atoms with Crippen molar-refractivity contribution in [1.82, 2.24) is 5.43 Å². The van der Waals surface area contributed by atoms with Crippen molar-refractivity contribution in [2.45, 2.75) is 6.18 Å². The maximum atomic E-state index is 13.1. The van der Waals surface area contributed by atoms with Gasteiger partial charge in [-0.1, -0.05) is 53.5 Å². The van der Waals surface area contributed by atoms with Crippen LogP contribution >= 0.6 is 23.2 Å². The minimum Gasteiger partial charge on any atom is -0.484 e. The van der Waals surface area contributed by atoms with Crippen LogP contribution in [0.3, 0.4) is 0 Å². The number of rotatable bonds is 7. The fourth-order valence-corrected chi connectivity index (χ4v) is 3.20. The molecule has 3 rings (SSSR count). The van der Waals surface area contributed by atoms with E-state index in [1.165, 1.54) is 42.6 Å². The van der Waals surface area contributed by atoms with Gasteiger partial charge in [0.05, 0.1) is 33.2 Å². The monoisotopic (exact) mass is 552 g/mol. The average Bonchev–Trinajstić information content (AvgIpc) is 2.85. The van der Waals surface area contributed by atoms with Crippen LogP contribution in [0.25, 0.3) is 0 Å². The summed E-state index contributed by atoms with van der Waals surface area (Å²) in [4.78, 5) is 36.1. The van der Waals surface area contributed by atoms with E-state index in [1.807, 2.05) is 5.43 Å². The number of carbonyl (C=O) groups is 3. The number of amides is 3. The van der Waals surface area contributed by atoms with Gasteiger partial charge in [0.2, 0.25) is 0 Å². The number of hydrogen-bond acceptors (Lipinski definition) is 5. The third kappa shape index (κ3) is 7.95. The lowest BCUT2D eigenvalue weighted by Crippen LogP contribution is -2.32. The average molecular weight is 553 g/mol. The number of ether oxygens (including phenoxy) is 1. The van der Waals surface area contributed by atoms with Crippen molar-refractivity contribution in [2.24, 2.45) is 5.10 Å². The third-order valence-electron chi connectivity index (χ3n) is 4.52. The van der Waals surface area contributed by atoms with Gasteiger partial charge in [0.15, 0.2) is 6.61 Å². The molecule has 192 valence electrons. The van der Waals surface area contributed by atoms with Crippen LogP contribution in [0.15, 0.2) is 71.8 Å². The number of nitrogens with one attached hydrogen (secondary N) is 3. The van der Waals surface area contributed by atoms with Gasteiger partial charge in [0.25, 0.3) is 5.91 Å². The van der Waals surface area contributed by atoms with Gasteiger partial charge in [-0.25, -0.2) is 5.43 Å². The zero-order chi connectivity index (χ0) is 27.0. The summed E-state index contributed by atoms with van der Waals surface area (Å²) in [6.45, 7) is -0.560. The van der Waals surface area contributed by atoms with Gasteiger partial charge in [0, 0.05) is 0 Å². The second-order valence-corrected chi connectivity index (χ2v) is 7.99. The lowest BCUT2D eigenvalue weighted by atomic mass is 10.1. The van der Waals surface area contributed by atoms with Crippen molar-refractivity contribution in [3.05, 3.63) is 87.9 Å². The van der Waals surface area contributed by atoms with Crippen LogP contribution in [0.2, 0.25) is 10.0 Å². The summed E-state index contributed by atoms with van der Waals surface area (Å²) >= 11 is 11.8. The third-order valence-corrected chi connectivity index (χ3v) is 5.34. The Labute approximate surface area is 218 Å². The summed E-state index contributed by atoms with van der Waals surface area (Å²) in [6, 6.07) is 15.2. The first-order chi connectivity index (χ1) is 17.5. The Morgan fingerprint density at radius 1 is 0.892 bits per heavy atom. The Hall–Kier alpha value is -4.09. The maximum absolute atomic E-state index is 13.1. The number of hydrogen-bond donors (Lipinski definition) is 3. The van der Waals surface area contributed by atoms with Gasteiger partial charge < -0.3 is 15.4 Å². The number of halogens is 5. The Morgan fingerprint density at radius 3 is 2.35 bits per heavy atom. The van der Waals surface area contributed by atoms with Crippen LogP contribution in [0, 0.1) is 0 Å². The standard InChI is InChI=1S/C24H17Cl2F3N4O4/c25-17-8-4-10-19(21(17)26)32-22(35)23(36)33-30-12-14-5-3-6-15(11-14)37-13-20(34)31-18-9-2-1-7-16(18)24(27,28)29/h1-12H,13H2,(H,31,34)(H,32,35)(H,33,36)/b30-12-. The molecule has 0 aliphatic heterocycles. The Balaban J connectivity index is 1.52. The van der Waals surface area contributed by atoms with Gasteiger partial charge in [-0.2, -0.15) is 18.3 Å². The van der Waals surface area contributed by atoms with Gasteiger partial charge in [-0.05, 0) is 42.0 Å². The van der Waals surface area contributed by atoms with Crippen molar-refractivity contribution in [2.75, 3.05) is 17.2 Å². The summed E-state index contributed by atoms with van der Waals surface area (Å²) < 4.78 is 44.5. The van der Waals surface area contributed by atoms with Crippen molar-refractivity contribution in [3.8, 4) is 5.75 Å². The van der Waals surface area contributed by atoms with Gasteiger partial charge in [0.1, 0.15) is 5.75 Å². The number of anilines is 2. The minimum absolute atomic E-state index is 0.0730. The van der Waals surface area contributed by atoms with Crippen LogP contribution in [-0.2, 0) is 20.6 Å². The predicted molar refractivity (Wildman–Crippen MR) is 133 cm³/mol. The summed E-state index contributed by atoms with van der Waals surface area (Å²) in [6.07, 6.45) is -3.42. The largest absolute Gasteiger partial charge is 0.484 e. The summed E-state index contributed by atoms with van der Waals surface area (Å²) in [5.74, 6) is -2.69. The van der Waals surface area contributed by atoms with Crippen LogP contribution in [0.4, 0.5) is 24.5 Å². The normalized spacial score (nSPS) is 11.2. The molecule has 13 heteroatoms. The van der Waals surface area contributed by atoms with Crippen LogP contribution < -0.4 is 20.8 Å². The molecule has 0 atom stereocenters. The molecule has 0 spiro atoms. The van der Waals surface area contributed by atoms with E-state index in [0.717, 1.165) is 12.1 Å². The van der Waals surface area contributed by atoms with E-state index in [0.29, 0.717) is 5.56 Å². The molecule has 0 unspecified atom stereocenters. The predicted octanol–water partition coefficient (Wildman–Crippen LogP) is 5.12. The molecule has 3 N–H and O–H groups in total. The second kappa shape index (κ2) is 12.2. The van der Waals surface area contributed by atoms with Crippen molar-refractivity contribution in [1.29, 1.82) is 0 Å². The smallest absolute Gasteiger partial charge is 0.418 e. The molecule has 3 aromatic carbocycles. The molecule has 3 aromatic rings. The molecule has 0 aliphatic carbocycles. The van der Waals surface area contributed by atoms with Gasteiger partial charge in [-0.15, -0.1) is 0 Å². The molecule has 0 aromatic heterocycles. The molecule has 37 heavy (non-hydrogen) atoms. The fraction of sp³-hybridized carbons (Fsp3) is 0.0833. The molecule has 0 saturated heterocycles. The number of nitrogens with zero attached hydrogens (tertiary/aromatic N) is 1. The van der Waals surface area contributed by atoms with Crippen molar-refractivity contribution < 1.29 is 32.3 Å². The molecule has 0 saturated carbocycles. The molecule has 0 heterocycles. The first kappa shape index (κ1) is 27.5. The highest BCUT2D eigenvalue weighted by atomic mass is 35.5. The topological polar surface area (TPSA) is 109 Å². The molecule has 0 bridgehead atoms. The highest BCUT2D eigenvalue weighted by molar-refractivity contribution is 6.45. The highest BCUT2D eigenvalue weighted by Gasteiger charge is 2.33. The molecular formula is C24H17Cl2F3N4O4. The van der Waals surface area contributed by atoms with Crippen LogP contribution in [-0.4, -0.2) is 30.5 Å². The second-order valence-electron chi connectivity index (χ2n) is 7.21. The van der Waals surface area contributed by atoms with Crippen molar-refractivity contribution >= 4 is 58.5 Å². The quantitative estimate of drug-likeness (QED) is 0.215. The first-order valence-corrected chi connectivity index (χ1v) is 11.1. The summed E-state index contributed by atoms with van der Waals surface area (Å²) in [5, 5.41) is 8.43. The zero-order valence-electron chi connectivity index (χ0n) is 18.6. The molecule has 0 radical (unpaired) electrons. The first-order valence-electron chi connectivity index (χ1n) is 10.3. The fourth-order valence-electron chi connectivity index (χ4n) is 2.85. The lowest BCUT2D eigenvalue weighted by molar-refractivity contribution is -0.137. The van der Waals surface area contributed by atoms with E-state index in [-0.39, 0.29) is 27.2 Å². The SMILES string of the molecule is O=C(COc1cccc(/C=N\NC(=O)C(=O)Nc2cccc(Cl)c2Cl)c1)Nc1ccccc1C(F)(F)F. The van der Waals surface area contributed by atoms with Crippen LogP contribution in [0.5, 0.6) is 5.75 Å². The number of para-hydroxylation sites is 1. The van der Waals surface area contributed by atoms with Gasteiger partial charge in [-0.3, -0.25) is 14.4 Å². The summed E-state index contributed by atoms with van der Waals surface area (Å²) in [7, 11) is 0. The van der Waals surface area contributed by atoms with Crippen LogP contribution in [0.1, 0.15) is 11.1 Å². The Morgan fingerprint density at radius 2 is 1.59 bits per heavy atom. The van der Waals surface area contributed by atoms with Gasteiger partial charge >= 0.3 is 18.0 Å². The van der Waals surface area contributed by atoms with Crippen molar-refractivity contribution in [3.63, 3.8) is 0 Å². The minimum atomic E-state index is -4.63. The number of hydrazone groups is 1. The number of alkyl halides is 3. The van der Waals surface area contributed by atoms with E-state index >= 15 is 0 Å². The Bertz CT molecular complexity index is 1350. The molecule has 0 fully saturated rings. The number of benzene rings is 3. The molecular weight excluding hydrogens is 536 g/mol. The number of carbonyl (C=O) groups excluding carboxylic acids is 3. The maximum Gasteiger partial charge on any atom is 0.418 e. The molecule has 3 amide bonds. The lowest BCUT2D eigenvalue weighted by Gasteiger charge is -2.13. The highest BCUT2D eigenvalue weighted by Crippen LogP contribution is 2.34. The Kier molecular flexibility index (Phi) is 9.10. The summed E-state index contributed by atoms with van der Waals surface area (Å²) in [5.41, 5.74) is 1.26. The van der Waals surface area contributed by atoms with E-state index in [2.05, 4.69) is 15.7 Å². The van der Waals surface area contributed by atoms with E-state index < -0.39 is 36.1 Å². The van der Waals surface area contributed by atoms with E-state index in [9.17, 15) is 27.6 Å². The zero-order valence-corrected chi connectivity index (χ0v) is 20.1. The van der Waals surface area contributed by atoms with E-state index in [4.69, 9.17) is 27.9 Å². The van der Waals surface area contributed by atoms with E-state index in [1.54, 1.807) is 18.2 Å². The molecule has 8 nitrogen and oxygen atoms in total. The molecule has 0 aliphatic rings.